The predicted molar refractivity (Wildman–Crippen MR) is 98.7 cm³/mol. The van der Waals surface area contributed by atoms with Gasteiger partial charge >= 0.3 is 0 Å². The van der Waals surface area contributed by atoms with Gasteiger partial charge in [0.05, 0.1) is 0 Å². The second-order valence-electron chi connectivity index (χ2n) is 7.45. The van der Waals surface area contributed by atoms with Crippen molar-refractivity contribution in [2.75, 3.05) is 13.1 Å². The van der Waals surface area contributed by atoms with Crippen molar-refractivity contribution in [2.45, 2.75) is 63.8 Å². The van der Waals surface area contributed by atoms with Crippen LogP contribution in [0.2, 0.25) is 0 Å². The first kappa shape index (κ1) is 17.2. The van der Waals surface area contributed by atoms with E-state index in [1.165, 1.54) is 19.3 Å². The number of carbonyl (C=O) groups is 1. The molecule has 0 unspecified atom stereocenters. The molecular weight excluding hydrogens is 326 g/mol. The maximum Gasteiger partial charge on any atom is 0.222 e. The lowest BCUT2D eigenvalue weighted by atomic mass is 9.95. The minimum atomic E-state index is 0.257. The van der Waals surface area contributed by atoms with Crippen LogP contribution in [0.4, 0.5) is 0 Å². The second-order valence-corrected chi connectivity index (χ2v) is 7.45. The normalized spacial score (nSPS) is 18.4. The maximum atomic E-state index is 12.5. The summed E-state index contributed by atoms with van der Waals surface area (Å²) in [5.74, 6) is 3.01. The SMILES string of the molecule is O=C(CCc1cccnc1)N1CCC(c2nnc3n2CCCCC3)CC1. The molecule has 6 nitrogen and oxygen atoms in total. The van der Waals surface area contributed by atoms with Crippen molar-refractivity contribution in [1.82, 2.24) is 24.6 Å². The zero-order valence-electron chi connectivity index (χ0n) is 15.3. The van der Waals surface area contributed by atoms with E-state index in [4.69, 9.17) is 0 Å². The van der Waals surface area contributed by atoms with E-state index in [9.17, 15) is 4.79 Å². The molecule has 0 saturated carbocycles. The maximum absolute atomic E-state index is 12.5. The van der Waals surface area contributed by atoms with Crippen LogP contribution in [-0.2, 0) is 24.2 Å². The van der Waals surface area contributed by atoms with E-state index in [1.807, 2.05) is 23.2 Å². The lowest BCUT2D eigenvalue weighted by Crippen LogP contribution is -2.38. The zero-order valence-corrected chi connectivity index (χ0v) is 15.3. The van der Waals surface area contributed by atoms with Gasteiger partial charge in [0.25, 0.3) is 0 Å². The van der Waals surface area contributed by atoms with Gasteiger partial charge in [-0.1, -0.05) is 12.5 Å². The number of piperidine rings is 1. The Balaban J connectivity index is 1.31. The van der Waals surface area contributed by atoms with Crippen molar-refractivity contribution in [3.8, 4) is 0 Å². The molecule has 138 valence electrons. The number of nitrogens with zero attached hydrogens (tertiary/aromatic N) is 5. The third-order valence-corrected chi connectivity index (χ3v) is 5.70. The van der Waals surface area contributed by atoms with Crippen LogP contribution in [0.5, 0.6) is 0 Å². The molecular formula is C20H27N5O. The Morgan fingerprint density at radius 1 is 1.12 bits per heavy atom. The van der Waals surface area contributed by atoms with Gasteiger partial charge in [-0.2, -0.15) is 0 Å². The fourth-order valence-corrected chi connectivity index (χ4v) is 4.15. The molecule has 2 aromatic heterocycles. The highest BCUT2D eigenvalue weighted by Gasteiger charge is 2.28. The number of amides is 1. The number of rotatable bonds is 4. The number of hydrogen-bond donors (Lipinski definition) is 0. The average Bonchev–Trinajstić information content (AvgIpc) is 2.95. The highest BCUT2D eigenvalue weighted by atomic mass is 16.2. The van der Waals surface area contributed by atoms with Crippen LogP contribution in [0, 0.1) is 0 Å². The first-order valence-electron chi connectivity index (χ1n) is 9.90. The number of fused-ring (bicyclic) bond motifs is 1. The first-order valence-corrected chi connectivity index (χ1v) is 9.90. The summed E-state index contributed by atoms with van der Waals surface area (Å²) < 4.78 is 2.36. The summed E-state index contributed by atoms with van der Waals surface area (Å²) >= 11 is 0. The Labute approximate surface area is 154 Å². The summed E-state index contributed by atoms with van der Waals surface area (Å²) in [4.78, 5) is 18.7. The fraction of sp³-hybridized carbons (Fsp3) is 0.600. The van der Waals surface area contributed by atoms with Gasteiger partial charge in [0.1, 0.15) is 11.6 Å². The Kier molecular flexibility index (Phi) is 5.27. The van der Waals surface area contributed by atoms with Gasteiger partial charge in [-0.3, -0.25) is 9.78 Å². The number of carbonyl (C=O) groups excluding carboxylic acids is 1. The van der Waals surface area contributed by atoms with Crippen molar-refractivity contribution < 1.29 is 4.79 Å². The van der Waals surface area contributed by atoms with Gasteiger partial charge in [0.2, 0.25) is 5.91 Å². The Bertz CT molecular complexity index is 734. The van der Waals surface area contributed by atoms with Gasteiger partial charge in [-0.25, -0.2) is 0 Å². The summed E-state index contributed by atoms with van der Waals surface area (Å²) in [5.41, 5.74) is 1.13. The highest BCUT2D eigenvalue weighted by Crippen LogP contribution is 2.29. The molecule has 1 amide bonds. The lowest BCUT2D eigenvalue weighted by molar-refractivity contribution is -0.132. The zero-order chi connectivity index (χ0) is 17.8. The monoisotopic (exact) mass is 353 g/mol. The molecule has 2 aliphatic heterocycles. The summed E-state index contributed by atoms with van der Waals surface area (Å²) in [5, 5.41) is 8.95. The van der Waals surface area contributed by atoms with Crippen LogP contribution >= 0.6 is 0 Å². The van der Waals surface area contributed by atoms with Crippen LogP contribution < -0.4 is 0 Å². The first-order chi connectivity index (χ1) is 12.8. The molecule has 4 heterocycles. The van der Waals surface area contributed by atoms with Gasteiger partial charge in [0.15, 0.2) is 0 Å². The molecule has 6 heteroatoms. The topological polar surface area (TPSA) is 63.9 Å². The van der Waals surface area contributed by atoms with Crippen LogP contribution in [0.3, 0.4) is 0 Å². The average molecular weight is 353 g/mol. The molecule has 2 aliphatic rings. The van der Waals surface area contributed by atoms with E-state index in [0.717, 1.165) is 62.5 Å². The van der Waals surface area contributed by atoms with E-state index in [-0.39, 0.29) is 5.91 Å². The van der Waals surface area contributed by atoms with Crippen LogP contribution in [-0.4, -0.2) is 43.6 Å². The van der Waals surface area contributed by atoms with Crippen molar-refractivity contribution in [3.63, 3.8) is 0 Å². The quantitative estimate of drug-likeness (QED) is 0.848. The van der Waals surface area contributed by atoms with E-state index in [0.29, 0.717) is 12.3 Å². The standard InChI is InChI=1S/C20H27N5O/c26-19(8-7-16-5-4-11-21-15-16)24-13-9-17(10-14-24)20-23-22-18-6-2-1-3-12-25(18)20/h4-5,11,15,17H,1-3,6-10,12-14H2. The Morgan fingerprint density at radius 3 is 2.81 bits per heavy atom. The van der Waals surface area contributed by atoms with Crippen LogP contribution in [0.15, 0.2) is 24.5 Å². The van der Waals surface area contributed by atoms with E-state index >= 15 is 0 Å². The molecule has 0 N–H and O–H groups in total. The third kappa shape index (κ3) is 3.79. The molecule has 0 atom stereocenters. The highest BCUT2D eigenvalue weighted by molar-refractivity contribution is 5.76. The van der Waals surface area contributed by atoms with Crippen molar-refractivity contribution in [1.29, 1.82) is 0 Å². The Hall–Kier alpha value is -2.24. The largest absolute Gasteiger partial charge is 0.343 e. The molecule has 0 aliphatic carbocycles. The van der Waals surface area contributed by atoms with Crippen LogP contribution in [0.1, 0.15) is 61.7 Å². The summed E-state index contributed by atoms with van der Waals surface area (Å²) in [6.45, 7) is 2.72. The molecule has 0 bridgehead atoms. The molecule has 1 saturated heterocycles. The van der Waals surface area contributed by atoms with Crippen molar-refractivity contribution in [2.24, 2.45) is 0 Å². The molecule has 2 aromatic rings. The van der Waals surface area contributed by atoms with Crippen LogP contribution in [0.25, 0.3) is 0 Å². The van der Waals surface area contributed by atoms with Gasteiger partial charge in [-0.15, -0.1) is 10.2 Å². The van der Waals surface area contributed by atoms with E-state index in [2.05, 4.69) is 19.7 Å². The van der Waals surface area contributed by atoms with E-state index in [1.54, 1.807) is 6.20 Å². The van der Waals surface area contributed by atoms with Gasteiger partial charge < -0.3 is 9.47 Å². The Morgan fingerprint density at radius 2 is 2.00 bits per heavy atom. The van der Waals surface area contributed by atoms with Crippen molar-refractivity contribution in [3.05, 3.63) is 41.7 Å². The number of hydrogen-bond acceptors (Lipinski definition) is 4. The summed E-state index contributed by atoms with van der Waals surface area (Å²) in [6.07, 6.45) is 11.7. The molecule has 1 fully saturated rings. The summed E-state index contributed by atoms with van der Waals surface area (Å²) in [7, 11) is 0. The number of aryl methyl sites for hydroxylation is 2. The van der Waals surface area contributed by atoms with Gasteiger partial charge in [0, 0.05) is 50.8 Å². The van der Waals surface area contributed by atoms with Crippen molar-refractivity contribution >= 4 is 5.91 Å². The third-order valence-electron chi connectivity index (χ3n) is 5.70. The predicted octanol–water partition coefficient (Wildman–Crippen LogP) is 2.74. The second kappa shape index (κ2) is 7.98. The minimum Gasteiger partial charge on any atom is -0.343 e. The molecule has 0 spiro atoms. The minimum absolute atomic E-state index is 0.257. The molecule has 0 radical (unpaired) electrons. The number of aromatic nitrogens is 4. The molecule has 0 aromatic carbocycles. The number of likely N-dealkylation sites (tertiary alicyclic amines) is 1. The smallest absolute Gasteiger partial charge is 0.222 e. The number of pyridine rings is 1. The van der Waals surface area contributed by atoms with Gasteiger partial charge in [-0.05, 0) is 43.7 Å². The molecule has 26 heavy (non-hydrogen) atoms. The molecule has 4 rings (SSSR count). The summed E-state index contributed by atoms with van der Waals surface area (Å²) in [6, 6.07) is 3.95. The fourth-order valence-electron chi connectivity index (χ4n) is 4.15. The lowest BCUT2D eigenvalue weighted by Gasteiger charge is -2.32. The van der Waals surface area contributed by atoms with E-state index < -0.39 is 0 Å².